The van der Waals surface area contributed by atoms with Crippen LogP contribution in [-0.2, 0) is 0 Å². The molecule has 0 radical (unpaired) electrons. The highest BCUT2D eigenvalue weighted by Gasteiger charge is 2.12. The molecule has 0 saturated heterocycles. The van der Waals surface area contributed by atoms with Gasteiger partial charge in [0, 0.05) is 0 Å². The fourth-order valence-corrected chi connectivity index (χ4v) is 1.98. The molecule has 2 aromatic rings. The molecular weight excluding hydrogens is 238 g/mol. The lowest BCUT2D eigenvalue weighted by Gasteiger charge is -2.20. The minimum Gasteiger partial charge on any atom is -0.495 e. The van der Waals surface area contributed by atoms with Gasteiger partial charge in [0.05, 0.1) is 25.4 Å². The molecule has 0 bridgehead atoms. The maximum Gasteiger partial charge on any atom is 0.141 e. The lowest BCUT2D eigenvalue weighted by molar-refractivity contribution is 0.276. The minimum absolute atomic E-state index is 0.0289. The standard InChI is InChI=1S/C16H19NO2/c1-12-7-9-13(10-8-12)15(11-18)17-14-5-3-4-6-16(14)19-2/h3-10,15,17-18H,11H2,1-2H3. The van der Waals surface area contributed by atoms with Crippen LogP contribution in [0.1, 0.15) is 17.2 Å². The molecule has 0 fully saturated rings. The van der Waals surface area contributed by atoms with E-state index in [-0.39, 0.29) is 12.6 Å². The van der Waals surface area contributed by atoms with E-state index in [1.807, 2.05) is 55.5 Å². The van der Waals surface area contributed by atoms with E-state index in [0.29, 0.717) is 0 Å². The molecule has 100 valence electrons. The van der Waals surface area contributed by atoms with Crippen molar-refractivity contribution in [2.24, 2.45) is 0 Å². The zero-order valence-electron chi connectivity index (χ0n) is 11.3. The molecule has 0 heterocycles. The highest BCUT2D eigenvalue weighted by atomic mass is 16.5. The average molecular weight is 257 g/mol. The highest BCUT2D eigenvalue weighted by molar-refractivity contribution is 5.57. The van der Waals surface area contributed by atoms with E-state index in [1.54, 1.807) is 7.11 Å². The number of anilines is 1. The van der Waals surface area contributed by atoms with Gasteiger partial charge in [0.2, 0.25) is 0 Å². The van der Waals surface area contributed by atoms with Gasteiger partial charge in [-0.2, -0.15) is 0 Å². The molecule has 0 aromatic heterocycles. The number of para-hydroxylation sites is 2. The predicted molar refractivity (Wildman–Crippen MR) is 77.6 cm³/mol. The normalized spacial score (nSPS) is 11.9. The van der Waals surface area contributed by atoms with Gasteiger partial charge in [-0.05, 0) is 24.6 Å². The van der Waals surface area contributed by atoms with E-state index in [4.69, 9.17) is 4.74 Å². The van der Waals surface area contributed by atoms with E-state index >= 15 is 0 Å². The maximum atomic E-state index is 9.57. The molecule has 0 aliphatic rings. The molecule has 0 spiro atoms. The molecule has 0 amide bonds. The average Bonchev–Trinajstić information content (AvgIpc) is 2.46. The largest absolute Gasteiger partial charge is 0.495 e. The number of hydrogen-bond donors (Lipinski definition) is 2. The van der Waals surface area contributed by atoms with Gasteiger partial charge < -0.3 is 15.2 Å². The Balaban J connectivity index is 2.21. The number of rotatable bonds is 5. The third-order valence-corrected chi connectivity index (χ3v) is 3.10. The minimum atomic E-state index is -0.142. The van der Waals surface area contributed by atoms with E-state index in [9.17, 15) is 5.11 Å². The van der Waals surface area contributed by atoms with Crippen LogP contribution in [0.3, 0.4) is 0 Å². The van der Waals surface area contributed by atoms with Crippen molar-refractivity contribution in [1.82, 2.24) is 0 Å². The molecule has 0 aliphatic carbocycles. The Morgan fingerprint density at radius 2 is 1.79 bits per heavy atom. The fraction of sp³-hybridized carbons (Fsp3) is 0.250. The Labute approximate surface area is 113 Å². The fourth-order valence-electron chi connectivity index (χ4n) is 1.98. The first-order chi connectivity index (χ1) is 9.24. The van der Waals surface area contributed by atoms with Crippen molar-refractivity contribution < 1.29 is 9.84 Å². The summed E-state index contributed by atoms with van der Waals surface area (Å²) in [5.74, 6) is 0.771. The first-order valence-electron chi connectivity index (χ1n) is 6.31. The number of aliphatic hydroxyl groups is 1. The number of benzene rings is 2. The van der Waals surface area contributed by atoms with Crippen LogP contribution in [0.15, 0.2) is 48.5 Å². The summed E-state index contributed by atoms with van der Waals surface area (Å²) in [5, 5.41) is 12.9. The second-order valence-electron chi connectivity index (χ2n) is 4.49. The van der Waals surface area contributed by atoms with Gasteiger partial charge in [0.25, 0.3) is 0 Å². The zero-order chi connectivity index (χ0) is 13.7. The summed E-state index contributed by atoms with van der Waals surface area (Å²) in [7, 11) is 1.64. The van der Waals surface area contributed by atoms with Crippen LogP contribution < -0.4 is 10.1 Å². The Morgan fingerprint density at radius 1 is 1.11 bits per heavy atom. The SMILES string of the molecule is COc1ccccc1NC(CO)c1ccc(C)cc1. The Bertz CT molecular complexity index is 523. The van der Waals surface area contributed by atoms with E-state index < -0.39 is 0 Å². The number of aliphatic hydroxyl groups excluding tert-OH is 1. The van der Waals surface area contributed by atoms with Gasteiger partial charge in [-0.15, -0.1) is 0 Å². The summed E-state index contributed by atoms with van der Waals surface area (Å²) < 4.78 is 5.30. The highest BCUT2D eigenvalue weighted by Crippen LogP contribution is 2.27. The summed E-state index contributed by atoms with van der Waals surface area (Å²) in [6, 6.07) is 15.7. The van der Waals surface area contributed by atoms with Crippen LogP contribution in [0.2, 0.25) is 0 Å². The summed E-state index contributed by atoms with van der Waals surface area (Å²) in [6.07, 6.45) is 0. The second-order valence-corrected chi connectivity index (χ2v) is 4.49. The molecule has 3 heteroatoms. The Morgan fingerprint density at radius 3 is 2.42 bits per heavy atom. The van der Waals surface area contributed by atoms with Gasteiger partial charge in [-0.3, -0.25) is 0 Å². The van der Waals surface area contributed by atoms with Gasteiger partial charge in [-0.25, -0.2) is 0 Å². The van der Waals surface area contributed by atoms with Gasteiger partial charge in [0.1, 0.15) is 5.75 Å². The monoisotopic (exact) mass is 257 g/mol. The first-order valence-corrected chi connectivity index (χ1v) is 6.31. The summed E-state index contributed by atoms with van der Waals surface area (Å²) in [6.45, 7) is 2.08. The van der Waals surface area contributed by atoms with Crippen molar-refractivity contribution in [1.29, 1.82) is 0 Å². The lowest BCUT2D eigenvalue weighted by atomic mass is 10.1. The van der Waals surface area contributed by atoms with E-state index in [2.05, 4.69) is 5.32 Å². The molecule has 2 aromatic carbocycles. The van der Waals surface area contributed by atoms with E-state index in [1.165, 1.54) is 5.56 Å². The molecule has 0 saturated carbocycles. The molecule has 19 heavy (non-hydrogen) atoms. The summed E-state index contributed by atoms with van der Waals surface area (Å²) in [4.78, 5) is 0. The third-order valence-electron chi connectivity index (χ3n) is 3.10. The predicted octanol–water partition coefficient (Wildman–Crippen LogP) is 3.15. The number of nitrogens with one attached hydrogen (secondary N) is 1. The zero-order valence-corrected chi connectivity index (χ0v) is 11.3. The smallest absolute Gasteiger partial charge is 0.141 e. The summed E-state index contributed by atoms with van der Waals surface area (Å²) in [5.41, 5.74) is 3.14. The first kappa shape index (κ1) is 13.4. The lowest BCUT2D eigenvalue weighted by Crippen LogP contribution is -2.15. The van der Waals surface area contributed by atoms with Crippen molar-refractivity contribution in [3.05, 3.63) is 59.7 Å². The number of aryl methyl sites for hydroxylation is 1. The van der Waals surface area contributed by atoms with Crippen LogP contribution in [0, 0.1) is 6.92 Å². The Kier molecular flexibility index (Phi) is 4.42. The number of methoxy groups -OCH3 is 1. The molecule has 1 atom stereocenters. The van der Waals surface area contributed by atoms with Crippen molar-refractivity contribution in [2.45, 2.75) is 13.0 Å². The molecular formula is C16H19NO2. The van der Waals surface area contributed by atoms with Crippen LogP contribution in [0.25, 0.3) is 0 Å². The van der Waals surface area contributed by atoms with Gasteiger partial charge in [0.15, 0.2) is 0 Å². The topological polar surface area (TPSA) is 41.5 Å². The van der Waals surface area contributed by atoms with Crippen LogP contribution in [0.5, 0.6) is 5.75 Å². The maximum absolute atomic E-state index is 9.57. The third kappa shape index (κ3) is 3.26. The molecule has 2 N–H and O–H groups in total. The molecule has 1 unspecified atom stereocenters. The number of hydrogen-bond acceptors (Lipinski definition) is 3. The number of ether oxygens (including phenoxy) is 1. The molecule has 2 rings (SSSR count). The van der Waals surface area contributed by atoms with Crippen LogP contribution >= 0.6 is 0 Å². The molecule has 3 nitrogen and oxygen atoms in total. The van der Waals surface area contributed by atoms with Crippen molar-refractivity contribution in [2.75, 3.05) is 19.0 Å². The van der Waals surface area contributed by atoms with Gasteiger partial charge in [-0.1, -0.05) is 42.0 Å². The molecule has 0 aliphatic heterocycles. The second kappa shape index (κ2) is 6.25. The van der Waals surface area contributed by atoms with E-state index in [0.717, 1.165) is 17.0 Å². The van der Waals surface area contributed by atoms with Gasteiger partial charge >= 0.3 is 0 Å². The quantitative estimate of drug-likeness (QED) is 0.864. The summed E-state index contributed by atoms with van der Waals surface area (Å²) >= 11 is 0. The van der Waals surface area contributed by atoms with Crippen LogP contribution in [-0.4, -0.2) is 18.8 Å². The van der Waals surface area contributed by atoms with Crippen LogP contribution in [0.4, 0.5) is 5.69 Å². The van der Waals surface area contributed by atoms with Crippen molar-refractivity contribution in [3.8, 4) is 5.75 Å². The van der Waals surface area contributed by atoms with Crippen molar-refractivity contribution >= 4 is 5.69 Å². The van der Waals surface area contributed by atoms with Crippen molar-refractivity contribution in [3.63, 3.8) is 0 Å². The Hall–Kier alpha value is -2.00.